The molecule has 3 aromatic rings. The number of methoxy groups -OCH3 is 1. The molecule has 1 aromatic carbocycles. The summed E-state index contributed by atoms with van der Waals surface area (Å²) < 4.78 is 19.0. The van der Waals surface area contributed by atoms with Gasteiger partial charge in [0, 0.05) is 17.8 Å². The molecule has 4 rings (SSSR count). The molecule has 0 atom stereocenters. The van der Waals surface area contributed by atoms with Crippen molar-refractivity contribution in [3.8, 4) is 0 Å². The number of aromatic amines is 1. The van der Waals surface area contributed by atoms with Crippen molar-refractivity contribution in [3.63, 3.8) is 0 Å². The lowest BCUT2D eigenvalue weighted by molar-refractivity contribution is 0.0605. The van der Waals surface area contributed by atoms with Crippen LogP contribution in [0.3, 0.4) is 0 Å². The molecule has 0 spiro atoms. The molecule has 28 heavy (non-hydrogen) atoms. The van der Waals surface area contributed by atoms with Crippen LogP contribution >= 0.6 is 11.3 Å². The fourth-order valence-corrected chi connectivity index (χ4v) is 4.97. The Labute approximate surface area is 165 Å². The van der Waals surface area contributed by atoms with Crippen molar-refractivity contribution in [1.82, 2.24) is 9.97 Å². The Morgan fingerprint density at radius 3 is 2.93 bits per heavy atom. The third-order valence-electron chi connectivity index (χ3n) is 5.16. The van der Waals surface area contributed by atoms with E-state index in [-0.39, 0.29) is 11.4 Å². The summed E-state index contributed by atoms with van der Waals surface area (Å²) in [4.78, 5) is 34.9. The van der Waals surface area contributed by atoms with E-state index < -0.39 is 5.97 Å². The third kappa shape index (κ3) is 2.97. The van der Waals surface area contributed by atoms with E-state index in [1.807, 2.05) is 6.92 Å². The minimum Gasteiger partial charge on any atom is -0.465 e. The minimum atomic E-state index is -0.475. The third-order valence-corrected chi connectivity index (χ3v) is 6.33. The van der Waals surface area contributed by atoms with Gasteiger partial charge in [0.2, 0.25) is 0 Å². The van der Waals surface area contributed by atoms with Gasteiger partial charge in [0.15, 0.2) is 0 Å². The summed E-state index contributed by atoms with van der Waals surface area (Å²) in [6.45, 7) is 4.80. The summed E-state index contributed by atoms with van der Waals surface area (Å²) in [5.74, 6) is -0.178. The lowest BCUT2D eigenvalue weighted by atomic mass is 9.97. The highest BCUT2D eigenvalue weighted by molar-refractivity contribution is 7.20. The number of rotatable bonds is 3. The van der Waals surface area contributed by atoms with E-state index in [2.05, 4.69) is 14.9 Å². The normalized spacial score (nSPS) is 13.6. The predicted octanol–water partition coefficient (Wildman–Crippen LogP) is 3.48. The molecular weight excluding hydrogens is 381 g/mol. The van der Waals surface area contributed by atoms with Gasteiger partial charge in [0.25, 0.3) is 5.56 Å². The number of anilines is 1. The largest absolute Gasteiger partial charge is 0.465 e. The van der Waals surface area contributed by atoms with E-state index in [0.717, 1.165) is 41.1 Å². The molecule has 3 heterocycles. The van der Waals surface area contributed by atoms with Gasteiger partial charge >= 0.3 is 5.97 Å². The van der Waals surface area contributed by atoms with E-state index in [1.165, 1.54) is 13.2 Å². The van der Waals surface area contributed by atoms with Crippen LogP contribution in [0.4, 0.5) is 10.1 Å². The van der Waals surface area contributed by atoms with Gasteiger partial charge in [0.05, 0.1) is 19.0 Å². The first-order valence-electron chi connectivity index (χ1n) is 9.04. The molecule has 1 aliphatic rings. The lowest BCUT2D eigenvalue weighted by Crippen LogP contribution is -2.31. The van der Waals surface area contributed by atoms with Crippen LogP contribution in [0.5, 0.6) is 0 Å². The number of ether oxygens (including phenoxy) is 1. The van der Waals surface area contributed by atoms with Gasteiger partial charge in [0.1, 0.15) is 21.3 Å². The smallest absolute Gasteiger partial charge is 0.348 e. The van der Waals surface area contributed by atoms with Gasteiger partial charge in [-0.05, 0) is 43.9 Å². The molecule has 2 aromatic heterocycles. The van der Waals surface area contributed by atoms with Crippen molar-refractivity contribution in [1.29, 1.82) is 0 Å². The Kier molecular flexibility index (Phi) is 4.66. The quantitative estimate of drug-likeness (QED) is 0.680. The number of aryl methyl sites for hydroxylation is 2. The SMILES string of the molecule is COC(=O)c1sc2nc(CN3CCCc4c(F)ccc(C)c43)[nH]c(=O)c2c1C. The van der Waals surface area contributed by atoms with Crippen LogP contribution in [0.1, 0.15) is 38.6 Å². The fourth-order valence-electron chi connectivity index (χ4n) is 3.86. The molecule has 0 aliphatic carbocycles. The van der Waals surface area contributed by atoms with E-state index >= 15 is 0 Å². The van der Waals surface area contributed by atoms with Crippen LogP contribution in [-0.4, -0.2) is 29.6 Å². The van der Waals surface area contributed by atoms with Crippen molar-refractivity contribution in [2.45, 2.75) is 33.2 Å². The first-order chi connectivity index (χ1) is 13.4. The van der Waals surface area contributed by atoms with Crippen LogP contribution in [0.2, 0.25) is 0 Å². The predicted molar refractivity (Wildman–Crippen MR) is 107 cm³/mol. The first kappa shape index (κ1) is 18.6. The summed E-state index contributed by atoms with van der Waals surface area (Å²) in [7, 11) is 1.31. The van der Waals surface area contributed by atoms with Crippen molar-refractivity contribution in [2.24, 2.45) is 0 Å². The number of carbonyl (C=O) groups is 1. The molecule has 1 aliphatic heterocycles. The number of nitrogens with zero attached hydrogens (tertiary/aromatic N) is 2. The number of fused-ring (bicyclic) bond motifs is 2. The lowest BCUT2D eigenvalue weighted by Gasteiger charge is -2.32. The molecule has 0 bridgehead atoms. The number of carbonyl (C=O) groups excluding carboxylic acids is 1. The number of aromatic nitrogens is 2. The number of halogens is 1. The molecule has 0 fully saturated rings. The molecule has 0 unspecified atom stereocenters. The number of hydrogen-bond acceptors (Lipinski definition) is 6. The monoisotopic (exact) mass is 401 g/mol. The highest BCUT2D eigenvalue weighted by Gasteiger charge is 2.24. The summed E-state index contributed by atoms with van der Waals surface area (Å²) in [6, 6.07) is 3.28. The van der Waals surface area contributed by atoms with Gasteiger partial charge in [-0.15, -0.1) is 11.3 Å². The van der Waals surface area contributed by atoms with Crippen LogP contribution in [0.25, 0.3) is 10.2 Å². The molecule has 6 nitrogen and oxygen atoms in total. The molecule has 0 saturated carbocycles. The maximum absolute atomic E-state index is 14.3. The number of H-pyrrole nitrogens is 1. The van der Waals surface area contributed by atoms with Gasteiger partial charge in [-0.3, -0.25) is 4.79 Å². The zero-order valence-electron chi connectivity index (χ0n) is 15.9. The van der Waals surface area contributed by atoms with Crippen molar-refractivity contribution < 1.29 is 13.9 Å². The second kappa shape index (κ2) is 7.01. The van der Waals surface area contributed by atoms with Gasteiger partial charge in [-0.25, -0.2) is 14.2 Å². The average Bonchev–Trinajstić information content (AvgIpc) is 3.01. The Morgan fingerprint density at radius 1 is 1.39 bits per heavy atom. The fraction of sp³-hybridized carbons (Fsp3) is 0.350. The molecule has 0 amide bonds. The zero-order valence-corrected chi connectivity index (χ0v) is 16.7. The van der Waals surface area contributed by atoms with Gasteiger partial charge < -0.3 is 14.6 Å². The van der Waals surface area contributed by atoms with Crippen LogP contribution < -0.4 is 10.5 Å². The number of esters is 1. The number of benzene rings is 1. The van der Waals surface area contributed by atoms with Crippen molar-refractivity contribution in [3.05, 3.63) is 55.7 Å². The second-order valence-electron chi connectivity index (χ2n) is 6.96. The maximum atomic E-state index is 14.3. The highest BCUT2D eigenvalue weighted by atomic mass is 32.1. The summed E-state index contributed by atoms with van der Waals surface area (Å²) >= 11 is 1.15. The first-order valence-corrected chi connectivity index (χ1v) is 9.86. The zero-order chi connectivity index (χ0) is 20.0. The molecule has 8 heteroatoms. The number of thiophene rings is 1. The van der Waals surface area contributed by atoms with E-state index in [9.17, 15) is 14.0 Å². The summed E-state index contributed by atoms with van der Waals surface area (Å²) in [5.41, 5.74) is 2.89. The van der Waals surface area contributed by atoms with Crippen LogP contribution in [0, 0.1) is 19.7 Å². The highest BCUT2D eigenvalue weighted by Crippen LogP contribution is 2.33. The Bertz CT molecular complexity index is 1150. The molecule has 146 valence electrons. The minimum absolute atomic E-state index is 0.196. The molecular formula is C20H20FN3O3S. The molecule has 0 radical (unpaired) electrons. The molecule has 1 N–H and O–H groups in total. The Hall–Kier alpha value is -2.74. The van der Waals surface area contributed by atoms with Crippen LogP contribution in [0.15, 0.2) is 16.9 Å². The summed E-state index contributed by atoms with van der Waals surface area (Å²) in [5, 5.41) is 0.412. The second-order valence-corrected chi connectivity index (χ2v) is 7.96. The van der Waals surface area contributed by atoms with E-state index in [0.29, 0.717) is 39.4 Å². The van der Waals surface area contributed by atoms with E-state index in [4.69, 9.17) is 4.74 Å². The van der Waals surface area contributed by atoms with Crippen LogP contribution in [-0.2, 0) is 17.7 Å². The van der Waals surface area contributed by atoms with Gasteiger partial charge in [-0.2, -0.15) is 0 Å². The summed E-state index contributed by atoms with van der Waals surface area (Å²) in [6.07, 6.45) is 1.54. The topological polar surface area (TPSA) is 75.3 Å². The Morgan fingerprint density at radius 2 is 2.18 bits per heavy atom. The van der Waals surface area contributed by atoms with Gasteiger partial charge in [-0.1, -0.05) is 6.07 Å². The average molecular weight is 401 g/mol. The maximum Gasteiger partial charge on any atom is 0.348 e. The Balaban J connectivity index is 1.76. The number of nitrogens with one attached hydrogen (secondary N) is 1. The van der Waals surface area contributed by atoms with Crippen molar-refractivity contribution >= 4 is 33.2 Å². The van der Waals surface area contributed by atoms with Crippen molar-refractivity contribution in [2.75, 3.05) is 18.6 Å². The molecule has 0 saturated heterocycles. The standard InChI is InChI=1S/C20H20FN3O3S/c1-10-6-7-13(21)12-5-4-8-24(16(10)12)9-14-22-18(25)15-11(2)17(20(26)27-3)28-19(15)23-14/h6-7H,4-5,8-9H2,1-3H3,(H,22,23,25). The van der Waals surface area contributed by atoms with E-state index in [1.54, 1.807) is 13.0 Å². The number of hydrogen-bond donors (Lipinski definition) is 1.